The van der Waals surface area contributed by atoms with Gasteiger partial charge in [0.05, 0.1) is 0 Å². The quantitative estimate of drug-likeness (QED) is 0.546. The Morgan fingerprint density at radius 2 is 1.50 bits per heavy atom. The second kappa shape index (κ2) is 9.46. The zero-order chi connectivity index (χ0) is 10.6. The van der Waals surface area contributed by atoms with Gasteiger partial charge in [-0.3, -0.25) is 4.90 Å². The van der Waals surface area contributed by atoms with Gasteiger partial charge in [-0.15, -0.1) is 5.56 Å². The number of halogens is 1. The van der Waals surface area contributed by atoms with Crippen molar-refractivity contribution in [3.05, 3.63) is 35.9 Å². The van der Waals surface area contributed by atoms with Crippen molar-refractivity contribution in [2.75, 3.05) is 0 Å². The van der Waals surface area contributed by atoms with Gasteiger partial charge in [0.15, 0.2) is 0 Å². The molecular formula is C13H20BrMgN. The van der Waals surface area contributed by atoms with Gasteiger partial charge in [-0.25, -0.2) is 0 Å². The molecule has 0 saturated carbocycles. The van der Waals surface area contributed by atoms with Crippen LogP contribution >= 0.6 is 0 Å². The average molecular weight is 295 g/mol. The molecule has 0 heterocycles. The first-order chi connectivity index (χ1) is 6.61. The first-order valence-electron chi connectivity index (χ1n) is 5.32. The van der Waals surface area contributed by atoms with E-state index < -0.39 is 0 Å². The van der Waals surface area contributed by atoms with Crippen LogP contribution in [0.3, 0.4) is 0 Å². The second-order valence-electron chi connectivity index (χ2n) is 4.27. The summed E-state index contributed by atoms with van der Waals surface area (Å²) in [6, 6.07) is 12.5. The summed E-state index contributed by atoms with van der Waals surface area (Å²) in [5.41, 5.74) is 1.37. The molecule has 0 unspecified atom stereocenters. The summed E-state index contributed by atoms with van der Waals surface area (Å²) >= 11 is 0. The van der Waals surface area contributed by atoms with E-state index in [1.54, 1.807) is 0 Å². The maximum absolute atomic E-state index is 3.05. The Morgan fingerprint density at radius 3 is 1.88 bits per heavy atom. The predicted octanol–water partition coefficient (Wildman–Crippen LogP) is -0.271. The van der Waals surface area contributed by atoms with Crippen LogP contribution in [0.4, 0.5) is 0 Å². The van der Waals surface area contributed by atoms with Crippen LogP contribution in [0.2, 0.25) is 0 Å². The van der Waals surface area contributed by atoms with Crippen molar-refractivity contribution in [1.29, 1.82) is 0 Å². The molecule has 0 radical (unpaired) electrons. The number of hydrogen-bond acceptors (Lipinski definition) is 1. The van der Waals surface area contributed by atoms with Crippen molar-refractivity contribution in [2.45, 2.75) is 46.3 Å². The molecule has 1 aromatic carbocycles. The molecular weight excluding hydrogens is 274 g/mol. The van der Waals surface area contributed by atoms with E-state index in [0.29, 0.717) is 12.1 Å². The zero-order valence-electron chi connectivity index (χ0n) is 10.7. The Bertz CT molecular complexity index is 254. The van der Waals surface area contributed by atoms with Crippen LogP contribution < -0.4 is 17.0 Å². The molecule has 0 atom stereocenters. The molecule has 0 aliphatic carbocycles. The summed E-state index contributed by atoms with van der Waals surface area (Å²) in [4.78, 5) is 2.48. The van der Waals surface area contributed by atoms with Crippen LogP contribution in [0.5, 0.6) is 0 Å². The second-order valence-corrected chi connectivity index (χ2v) is 4.27. The summed E-state index contributed by atoms with van der Waals surface area (Å²) < 4.78 is 0. The first kappa shape index (κ1) is 18.8. The Hall–Kier alpha value is 0.426. The fourth-order valence-electron chi connectivity index (χ4n) is 1.70. The van der Waals surface area contributed by atoms with E-state index in [0.717, 1.165) is 6.54 Å². The van der Waals surface area contributed by atoms with Gasteiger partial charge < -0.3 is 17.0 Å². The Kier molecular flexibility index (Phi) is 11.1. The monoisotopic (exact) mass is 293 g/mol. The predicted molar refractivity (Wildman–Crippen MR) is 66.8 cm³/mol. The molecule has 0 aliphatic rings. The maximum atomic E-state index is 3.05. The molecule has 1 aromatic rings. The van der Waals surface area contributed by atoms with E-state index in [1.807, 2.05) is 12.1 Å². The summed E-state index contributed by atoms with van der Waals surface area (Å²) in [5, 5.41) is 0. The minimum absolute atomic E-state index is 0. The molecule has 0 aliphatic heterocycles. The topological polar surface area (TPSA) is 3.24 Å². The number of nitrogens with zero attached hydrogens (tertiary/aromatic N) is 1. The molecule has 0 bridgehead atoms. The van der Waals surface area contributed by atoms with Gasteiger partial charge in [0.25, 0.3) is 0 Å². The third-order valence-corrected chi connectivity index (χ3v) is 2.48. The third kappa shape index (κ3) is 6.23. The van der Waals surface area contributed by atoms with Crippen LogP contribution in [0.15, 0.2) is 24.3 Å². The van der Waals surface area contributed by atoms with E-state index >= 15 is 0 Å². The molecule has 0 saturated heterocycles. The summed E-state index contributed by atoms with van der Waals surface area (Å²) in [7, 11) is 0. The molecule has 0 amide bonds. The van der Waals surface area contributed by atoms with Crippen molar-refractivity contribution in [3.8, 4) is 0 Å². The number of benzene rings is 1. The first-order valence-corrected chi connectivity index (χ1v) is 5.32. The summed E-state index contributed by atoms with van der Waals surface area (Å²) in [5.74, 6) is 0. The largest absolute Gasteiger partial charge is 2.00 e. The zero-order valence-corrected chi connectivity index (χ0v) is 13.7. The van der Waals surface area contributed by atoms with E-state index in [-0.39, 0.29) is 40.0 Å². The Balaban J connectivity index is 0. The molecule has 0 aromatic heterocycles. The van der Waals surface area contributed by atoms with Crippen molar-refractivity contribution in [3.63, 3.8) is 0 Å². The van der Waals surface area contributed by atoms with Crippen LogP contribution in [0.25, 0.3) is 0 Å². The van der Waals surface area contributed by atoms with E-state index in [1.165, 1.54) is 5.56 Å². The van der Waals surface area contributed by atoms with E-state index in [4.69, 9.17) is 0 Å². The molecule has 1 rings (SSSR count). The third-order valence-electron chi connectivity index (χ3n) is 2.48. The minimum atomic E-state index is 0. The number of hydrogen-bond donors (Lipinski definition) is 0. The summed E-state index contributed by atoms with van der Waals surface area (Å²) in [6.07, 6.45) is 0. The van der Waals surface area contributed by atoms with Crippen molar-refractivity contribution >= 4 is 23.1 Å². The SMILES string of the molecule is CC(C)N(Cc1cc[c-]cc1)C(C)C.[Br-].[Mg+2]. The van der Waals surface area contributed by atoms with E-state index in [9.17, 15) is 0 Å². The van der Waals surface area contributed by atoms with Gasteiger partial charge in [0.1, 0.15) is 0 Å². The van der Waals surface area contributed by atoms with Gasteiger partial charge in [0, 0.05) is 18.6 Å². The fraction of sp³-hybridized carbons (Fsp3) is 0.538. The molecule has 0 N–H and O–H groups in total. The Labute approximate surface area is 127 Å². The van der Waals surface area contributed by atoms with Crippen molar-refractivity contribution < 1.29 is 17.0 Å². The van der Waals surface area contributed by atoms with Gasteiger partial charge in [0.2, 0.25) is 0 Å². The molecule has 16 heavy (non-hydrogen) atoms. The molecule has 3 heteroatoms. The molecule has 0 spiro atoms. The van der Waals surface area contributed by atoms with Gasteiger partial charge in [-0.1, -0.05) is 0 Å². The standard InChI is InChI=1S/C13H20N.BrH.Mg/c1-11(2)14(12(3)4)10-13-8-6-5-7-9-13;;/h6-9,11-12H,10H2,1-4H3;1H;/q-1;;+2/p-1. The number of rotatable bonds is 4. The van der Waals surface area contributed by atoms with Crippen LogP contribution in [0, 0.1) is 6.07 Å². The molecule has 1 nitrogen and oxygen atoms in total. The average Bonchev–Trinajstić information content (AvgIpc) is 2.15. The van der Waals surface area contributed by atoms with E-state index in [2.05, 4.69) is 50.8 Å². The van der Waals surface area contributed by atoms with Gasteiger partial charge >= 0.3 is 23.1 Å². The minimum Gasteiger partial charge on any atom is -1.00 e. The van der Waals surface area contributed by atoms with Crippen LogP contribution in [-0.4, -0.2) is 40.0 Å². The van der Waals surface area contributed by atoms with Crippen LogP contribution in [0.1, 0.15) is 33.3 Å². The maximum Gasteiger partial charge on any atom is 2.00 e. The Morgan fingerprint density at radius 1 is 1.06 bits per heavy atom. The van der Waals surface area contributed by atoms with Crippen molar-refractivity contribution in [1.82, 2.24) is 4.90 Å². The molecule has 0 fully saturated rings. The van der Waals surface area contributed by atoms with Crippen molar-refractivity contribution in [2.24, 2.45) is 0 Å². The fourth-order valence-corrected chi connectivity index (χ4v) is 1.70. The van der Waals surface area contributed by atoms with Crippen LogP contribution in [-0.2, 0) is 6.54 Å². The molecule has 86 valence electrons. The van der Waals surface area contributed by atoms with Gasteiger partial charge in [-0.05, 0) is 27.7 Å². The summed E-state index contributed by atoms with van der Waals surface area (Å²) in [6.45, 7) is 10.0. The normalized spacial score (nSPS) is 10.2. The smallest absolute Gasteiger partial charge is 1.00 e. The van der Waals surface area contributed by atoms with Gasteiger partial charge in [-0.2, -0.15) is 30.3 Å².